The van der Waals surface area contributed by atoms with Crippen LogP contribution in [0.5, 0.6) is 0 Å². The van der Waals surface area contributed by atoms with Crippen LogP contribution in [-0.4, -0.2) is 23.9 Å². The standard InChI is InChI=1S/C10H18O2/c1-4-9-5-7(2)10(6-11)8(3)12-9/h8-9,11H,4-6H2,1-3H3. The molecule has 1 aliphatic heterocycles. The first kappa shape index (κ1) is 9.75. The molecule has 1 rings (SSSR count). The molecule has 1 aliphatic rings. The third-order valence-electron chi connectivity index (χ3n) is 2.60. The Morgan fingerprint density at radius 3 is 2.67 bits per heavy atom. The van der Waals surface area contributed by atoms with Crippen molar-refractivity contribution in [1.82, 2.24) is 0 Å². The topological polar surface area (TPSA) is 29.5 Å². The van der Waals surface area contributed by atoms with Gasteiger partial charge in [0, 0.05) is 0 Å². The van der Waals surface area contributed by atoms with E-state index >= 15 is 0 Å². The summed E-state index contributed by atoms with van der Waals surface area (Å²) < 4.78 is 5.69. The molecule has 0 amide bonds. The summed E-state index contributed by atoms with van der Waals surface area (Å²) in [5, 5.41) is 9.05. The fraction of sp³-hybridized carbons (Fsp3) is 0.800. The van der Waals surface area contributed by atoms with Gasteiger partial charge in [0.1, 0.15) is 0 Å². The van der Waals surface area contributed by atoms with Crippen LogP contribution in [0.4, 0.5) is 0 Å². The molecular formula is C10H18O2. The summed E-state index contributed by atoms with van der Waals surface area (Å²) in [5.74, 6) is 0. The lowest BCUT2D eigenvalue weighted by atomic mass is 9.96. The van der Waals surface area contributed by atoms with E-state index in [1.807, 2.05) is 6.92 Å². The van der Waals surface area contributed by atoms with Gasteiger partial charge in [-0.15, -0.1) is 0 Å². The second kappa shape index (κ2) is 4.06. The average molecular weight is 170 g/mol. The zero-order valence-corrected chi connectivity index (χ0v) is 8.13. The van der Waals surface area contributed by atoms with E-state index in [1.54, 1.807) is 0 Å². The van der Waals surface area contributed by atoms with Gasteiger partial charge < -0.3 is 9.84 Å². The van der Waals surface area contributed by atoms with Gasteiger partial charge in [-0.2, -0.15) is 0 Å². The molecule has 0 aromatic heterocycles. The van der Waals surface area contributed by atoms with Gasteiger partial charge in [-0.05, 0) is 32.3 Å². The molecule has 1 N–H and O–H groups in total. The number of ether oxygens (including phenoxy) is 1. The SMILES string of the molecule is CCC1CC(C)=C(CO)C(C)O1. The maximum Gasteiger partial charge on any atom is 0.0785 e. The smallest absolute Gasteiger partial charge is 0.0785 e. The van der Waals surface area contributed by atoms with Crippen LogP contribution < -0.4 is 0 Å². The van der Waals surface area contributed by atoms with E-state index in [0.717, 1.165) is 18.4 Å². The molecular weight excluding hydrogens is 152 g/mol. The second-order valence-electron chi connectivity index (χ2n) is 3.48. The van der Waals surface area contributed by atoms with E-state index in [1.165, 1.54) is 5.57 Å². The normalized spacial score (nSPS) is 31.0. The molecule has 1 heterocycles. The van der Waals surface area contributed by atoms with Gasteiger partial charge in [0.25, 0.3) is 0 Å². The molecule has 2 unspecified atom stereocenters. The van der Waals surface area contributed by atoms with E-state index in [2.05, 4.69) is 13.8 Å². The zero-order valence-electron chi connectivity index (χ0n) is 8.13. The van der Waals surface area contributed by atoms with Crippen LogP contribution >= 0.6 is 0 Å². The Bertz CT molecular complexity index is 184. The van der Waals surface area contributed by atoms with Gasteiger partial charge in [0.05, 0.1) is 18.8 Å². The second-order valence-corrected chi connectivity index (χ2v) is 3.48. The Morgan fingerprint density at radius 1 is 1.58 bits per heavy atom. The number of rotatable bonds is 2. The Hall–Kier alpha value is -0.340. The van der Waals surface area contributed by atoms with Gasteiger partial charge in [0.15, 0.2) is 0 Å². The lowest BCUT2D eigenvalue weighted by Gasteiger charge is -2.30. The minimum absolute atomic E-state index is 0.105. The molecule has 0 bridgehead atoms. The number of hydrogen-bond acceptors (Lipinski definition) is 2. The predicted octanol–water partition coefficient (Wildman–Crippen LogP) is 1.88. The van der Waals surface area contributed by atoms with Crippen molar-refractivity contribution in [2.75, 3.05) is 6.61 Å². The highest BCUT2D eigenvalue weighted by Gasteiger charge is 2.22. The molecule has 0 spiro atoms. The quantitative estimate of drug-likeness (QED) is 0.641. The molecule has 2 atom stereocenters. The fourth-order valence-corrected chi connectivity index (χ4v) is 1.74. The van der Waals surface area contributed by atoms with E-state index < -0.39 is 0 Å². The van der Waals surface area contributed by atoms with E-state index in [4.69, 9.17) is 9.84 Å². The molecule has 0 aliphatic carbocycles. The Kier molecular flexibility index (Phi) is 3.29. The van der Waals surface area contributed by atoms with Gasteiger partial charge in [-0.3, -0.25) is 0 Å². The summed E-state index contributed by atoms with van der Waals surface area (Å²) in [6.07, 6.45) is 2.50. The third-order valence-corrected chi connectivity index (χ3v) is 2.60. The van der Waals surface area contributed by atoms with E-state index in [9.17, 15) is 0 Å². The molecule has 0 radical (unpaired) electrons. The van der Waals surface area contributed by atoms with Gasteiger partial charge in [-0.1, -0.05) is 12.5 Å². The molecule has 0 saturated heterocycles. The van der Waals surface area contributed by atoms with Crippen molar-refractivity contribution < 1.29 is 9.84 Å². The van der Waals surface area contributed by atoms with Crippen molar-refractivity contribution in [1.29, 1.82) is 0 Å². The highest BCUT2D eigenvalue weighted by atomic mass is 16.5. The molecule has 0 aromatic carbocycles. The minimum Gasteiger partial charge on any atom is -0.392 e. The summed E-state index contributed by atoms with van der Waals surface area (Å²) >= 11 is 0. The third kappa shape index (κ3) is 1.87. The average Bonchev–Trinajstić information content (AvgIpc) is 2.03. The summed E-state index contributed by atoms with van der Waals surface area (Å²) in [7, 11) is 0. The summed E-state index contributed by atoms with van der Waals surface area (Å²) in [4.78, 5) is 0. The molecule has 70 valence electrons. The van der Waals surface area contributed by atoms with Crippen molar-refractivity contribution in [2.45, 2.75) is 45.8 Å². The van der Waals surface area contributed by atoms with Gasteiger partial charge >= 0.3 is 0 Å². The Balaban J connectivity index is 2.72. The van der Waals surface area contributed by atoms with Crippen LogP contribution in [0.15, 0.2) is 11.1 Å². The Morgan fingerprint density at radius 2 is 2.25 bits per heavy atom. The van der Waals surface area contributed by atoms with Crippen LogP contribution in [0.1, 0.15) is 33.6 Å². The summed E-state index contributed by atoms with van der Waals surface area (Å²) in [6.45, 7) is 6.38. The maximum absolute atomic E-state index is 9.05. The number of aliphatic hydroxyl groups excluding tert-OH is 1. The maximum atomic E-state index is 9.05. The first-order valence-electron chi connectivity index (χ1n) is 4.63. The number of hydrogen-bond donors (Lipinski definition) is 1. The molecule has 0 saturated carbocycles. The summed E-state index contributed by atoms with van der Waals surface area (Å²) in [5.41, 5.74) is 2.38. The number of aliphatic hydroxyl groups is 1. The lowest BCUT2D eigenvalue weighted by molar-refractivity contribution is -0.00195. The van der Waals surface area contributed by atoms with Crippen LogP contribution in [0.3, 0.4) is 0 Å². The Labute approximate surface area is 74.2 Å². The first-order chi connectivity index (χ1) is 5.69. The van der Waals surface area contributed by atoms with Gasteiger partial charge in [-0.25, -0.2) is 0 Å². The predicted molar refractivity (Wildman–Crippen MR) is 49.0 cm³/mol. The van der Waals surface area contributed by atoms with Crippen molar-refractivity contribution in [3.63, 3.8) is 0 Å². The van der Waals surface area contributed by atoms with Crippen molar-refractivity contribution >= 4 is 0 Å². The van der Waals surface area contributed by atoms with Gasteiger partial charge in [0.2, 0.25) is 0 Å². The molecule has 12 heavy (non-hydrogen) atoms. The molecule has 2 nitrogen and oxygen atoms in total. The lowest BCUT2D eigenvalue weighted by Crippen LogP contribution is -2.28. The largest absolute Gasteiger partial charge is 0.392 e. The van der Waals surface area contributed by atoms with Crippen LogP contribution in [-0.2, 0) is 4.74 Å². The van der Waals surface area contributed by atoms with Crippen molar-refractivity contribution in [2.24, 2.45) is 0 Å². The van der Waals surface area contributed by atoms with E-state index in [-0.39, 0.29) is 12.7 Å². The van der Waals surface area contributed by atoms with Crippen LogP contribution in [0.2, 0.25) is 0 Å². The molecule has 0 fully saturated rings. The molecule has 0 aromatic rings. The first-order valence-corrected chi connectivity index (χ1v) is 4.63. The van der Waals surface area contributed by atoms with Crippen LogP contribution in [0, 0.1) is 0 Å². The fourth-order valence-electron chi connectivity index (χ4n) is 1.74. The zero-order chi connectivity index (χ0) is 9.14. The van der Waals surface area contributed by atoms with Crippen LogP contribution in [0.25, 0.3) is 0 Å². The summed E-state index contributed by atoms with van der Waals surface area (Å²) in [6, 6.07) is 0. The van der Waals surface area contributed by atoms with Crippen molar-refractivity contribution in [3.8, 4) is 0 Å². The monoisotopic (exact) mass is 170 g/mol. The molecule has 2 heteroatoms. The highest BCUT2D eigenvalue weighted by Crippen LogP contribution is 2.26. The van der Waals surface area contributed by atoms with Crippen molar-refractivity contribution in [3.05, 3.63) is 11.1 Å². The minimum atomic E-state index is 0.105. The highest BCUT2D eigenvalue weighted by molar-refractivity contribution is 5.19. The van der Waals surface area contributed by atoms with E-state index in [0.29, 0.717) is 6.10 Å².